The largest absolute Gasteiger partial charge is 0.497 e. The van der Waals surface area contributed by atoms with E-state index < -0.39 is 0 Å². The minimum Gasteiger partial charge on any atom is -0.497 e. The van der Waals surface area contributed by atoms with Crippen LogP contribution in [0.5, 0.6) is 5.75 Å². The number of hydrogen-bond donors (Lipinski definition) is 2. The third-order valence-corrected chi connectivity index (χ3v) is 5.16. The van der Waals surface area contributed by atoms with E-state index >= 15 is 0 Å². The Morgan fingerprint density at radius 1 is 1.19 bits per heavy atom. The Balaban J connectivity index is 1.66. The third kappa shape index (κ3) is 4.29. The smallest absolute Gasteiger partial charge is 0.319 e. The van der Waals surface area contributed by atoms with Gasteiger partial charge in [0.25, 0.3) is 0 Å². The number of carbonyl (C=O) groups excluding carboxylic acids is 1. The summed E-state index contributed by atoms with van der Waals surface area (Å²) in [5.74, 6) is 0.645. The number of halogens is 1. The van der Waals surface area contributed by atoms with E-state index in [1.54, 1.807) is 25.3 Å². The Labute approximate surface area is 158 Å². The van der Waals surface area contributed by atoms with Crippen molar-refractivity contribution in [2.75, 3.05) is 32.2 Å². The summed E-state index contributed by atoms with van der Waals surface area (Å²) in [7, 11) is 1.57. The van der Waals surface area contributed by atoms with Gasteiger partial charge in [-0.3, -0.25) is 0 Å². The minimum atomic E-state index is -0.279. The first-order valence-electron chi connectivity index (χ1n) is 8.65. The second-order valence-electron chi connectivity index (χ2n) is 6.41. The van der Waals surface area contributed by atoms with Crippen LogP contribution in [0.15, 0.2) is 48.5 Å². The van der Waals surface area contributed by atoms with Crippen molar-refractivity contribution in [1.29, 1.82) is 0 Å². The molecule has 1 heterocycles. The van der Waals surface area contributed by atoms with Gasteiger partial charge in [0.15, 0.2) is 0 Å². The van der Waals surface area contributed by atoms with Crippen LogP contribution in [0.2, 0.25) is 5.02 Å². The SMILES string of the molecule is COc1ccc(NC(=O)NCC2(c3ccccc3)CCOCC2)c(Cl)c1. The molecule has 138 valence electrons. The average molecular weight is 375 g/mol. The fourth-order valence-corrected chi connectivity index (χ4v) is 3.48. The lowest BCUT2D eigenvalue weighted by Gasteiger charge is -2.38. The van der Waals surface area contributed by atoms with Crippen LogP contribution in [0.25, 0.3) is 0 Å². The fourth-order valence-electron chi connectivity index (χ4n) is 3.26. The normalized spacial score (nSPS) is 15.9. The predicted molar refractivity (Wildman–Crippen MR) is 103 cm³/mol. The van der Waals surface area contributed by atoms with Gasteiger partial charge in [-0.25, -0.2) is 4.79 Å². The summed E-state index contributed by atoms with van der Waals surface area (Å²) in [5, 5.41) is 6.24. The molecule has 1 fully saturated rings. The molecule has 1 aliphatic heterocycles. The van der Waals surface area contributed by atoms with Gasteiger partial charge in [0.2, 0.25) is 0 Å². The number of benzene rings is 2. The average Bonchev–Trinajstić information content (AvgIpc) is 2.69. The zero-order valence-corrected chi connectivity index (χ0v) is 15.5. The maximum atomic E-state index is 12.4. The van der Waals surface area contributed by atoms with Crippen molar-refractivity contribution in [3.05, 3.63) is 59.1 Å². The molecule has 2 aromatic rings. The maximum absolute atomic E-state index is 12.4. The molecule has 2 amide bonds. The van der Waals surface area contributed by atoms with E-state index in [-0.39, 0.29) is 11.4 Å². The first-order valence-corrected chi connectivity index (χ1v) is 9.02. The van der Waals surface area contributed by atoms with Crippen LogP contribution in [0.1, 0.15) is 18.4 Å². The van der Waals surface area contributed by atoms with Gasteiger partial charge in [-0.05, 0) is 30.5 Å². The molecular weight excluding hydrogens is 352 g/mol. The summed E-state index contributed by atoms with van der Waals surface area (Å²) in [4.78, 5) is 12.4. The number of rotatable bonds is 5. The molecule has 0 radical (unpaired) electrons. The van der Waals surface area contributed by atoms with E-state index in [0.29, 0.717) is 36.2 Å². The standard InChI is InChI=1S/C20H23ClN2O3/c1-25-16-7-8-18(17(21)13-16)23-19(24)22-14-20(9-11-26-12-10-20)15-5-3-2-4-6-15/h2-8,13H,9-12,14H2,1H3,(H2,22,23,24). The highest BCUT2D eigenvalue weighted by atomic mass is 35.5. The molecule has 0 atom stereocenters. The van der Waals surface area contributed by atoms with Gasteiger partial charge in [-0.15, -0.1) is 0 Å². The first kappa shape index (κ1) is 18.5. The molecule has 2 aromatic carbocycles. The number of urea groups is 1. The van der Waals surface area contributed by atoms with Gasteiger partial charge >= 0.3 is 6.03 Å². The van der Waals surface area contributed by atoms with E-state index in [0.717, 1.165) is 12.8 Å². The van der Waals surface area contributed by atoms with Gasteiger partial charge in [0, 0.05) is 31.2 Å². The van der Waals surface area contributed by atoms with Crippen LogP contribution in [0, 0.1) is 0 Å². The summed E-state index contributed by atoms with van der Waals surface area (Å²) in [5.41, 5.74) is 1.66. The fraction of sp³-hybridized carbons (Fsp3) is 0.350. The Morgan fingerprint density at radius 2 is 1.92 bits per heavy atom. The molecule has 1 saturated heterocycles. The summed E-state index contributed by atoms with van der Waals surface area (Å²) < 4.78 is 10.6. The highest BCUT2D eigenvalue weighted by Gasteiger charge is 2.34. The van der Waals surface area contributed by atoms with Crippen molar-refractivity contribution >= 4 is 23.3 Å². The van der Waals surface area contributed by atoms with E-state index in [9.17, 15) is 4.79 Å². The maximum Gasteiger partial charge on any atom is 0.319 e. The molecule has 26 heavy (non-hydrogen) atoms. The van der Waals surface area contributed by atoms with Crippen molar-refractivity contribution in [1.82, 2.24) is 5.32 Å². The molecule has 0 bridgehead atoms. The number of ether oxygens (including phenoxy) is 2. The van der Waals surface area contributed by atoms with Crippen molar-refractivity contribution in [3.8, 4) is 5.75 Å². The van der Waals surface area contributed by atoms with Crippen LogP contribution in [-0.4, -0.2) is 32.9 Å². The molecule has 2 N–H and O–H groups in total. The predicted octanol–water partition coefficient (Wildman–Crippen LogP) is 4.22. The van der Waals surface area contributed by atoms with Crippen molar-refractivity contribution in [2.45, 2.75) is 18.3 Å². The van der Waals surface area contributed by atoms with Crippen LogP contribution in [-0.2, 0) is 10.2 Å². The summed E-state index contributed by atoms with van der Waals surface area (Å²) in [6, 6.07) is 15.2. The lowest BCUT2D eigenvalue weighted by atomic mass is 9.74. The molecule has 0 unspecified atom stereocenters. The lowest BCUT2D eigenvalue weighted by molar-refractivity contribution is 0.0508. The van der Waals surface area contributed by atoms with Crippen molar-refractivity contribution in [3.63, 3.8) is 0 Å². The van der Waals surface area contributed by atoms with E-state index in [2.05, 4.69) is 22.8 Å². The van der Waals surface area contributed by atoms with Crippen molar-refractivity contribution < 1.29 is 14.3 Å². The number of carbonyl (C=O) groups is 1. The number of hydrogen-bond acceptors (Lipinski definition) is 3. The van der Waals surface area contributed by atoms with Crippen LogP contribution in [0.4, 0.5) is 10.5 Å². The highest BCUT2D eigenvalue weighted by Crippen LogP contribution is 2.34. The van der Waals surface area contributed by atoms with Crippen molar-refractivity contribution in [2.24, 2.45) is 0 Å². The van der Waals surface area contributed by atoms with E-state index in [1.165, 1.54) is 5.56 Å². The Hall–Kier alpha value is -2.24. The number of amides is 2. The lowest BCUT2D eigenvalue weighted by Crippen LogP contribution is -2.45. The molecule has 3 rings (SSSR count). The second-order valence-corrected chi connectivity index (χ2v) is 6.82. The number of nitrogens with one attached hydrogen (secondary N) is 2. The zero-order chi connectivity index (χ0) is 18.4. The Bertz CT molecular complexity index is 746. The van der Waals surface area contributed by atoms with Gasteiger partial charge < -0.3 is 20.1 Å². The molecule has 0 aliphatic carbocycles. The molecule has 6 heteroatoms. The molecule has 1 aliphatic rings. The summed E-state index contributed by atoms with van der Waals surface area (Å²) in [6.45, 7) is 1.94. The van der Waals surface area contributed by atoms with Gasteiger partial charge in [-0.2, -0.15) is 0 Å². The number of methoxy groups -OCH3 is 1. The third-order valence-electron chi connectivity index (χ3n) is 4.85. The zero-order valence-electron chi connectivity index (χ0n) is 14.8. The summed E-state index contributed by atoms with van der Waals surface area (Å²) in [6.07, 6.45) is 1.75. The van der Waals surface area contributed by atoms with Crippen LogP contribution >= 0.6 is 11.6 Å². The highest BCUT2D eigenvalue weighted by molar-refractivity contribution is 6.33. The molecular formula is C20H23ClN2O3. The molecule has 0 saturated carbocycles. The van der Waals surface area contributed by atoms with Crippen LogP contribution in [0.3, 0.4) is 0 Å². The molecule has 5 nitrogen and oxygen atoms in total. The van der Waals surface area contributed by atoms with E-state index in [1.807, 2.05) is 18.2 Å². The monoisotopic (exact) mass is 374 g/mol. The van der Waals surface area contributed by atoms with Crippen LogP contribution < -0.4 is 15.4 Å². The second kappa shape index (κ2) is 8.43. The topological polar surface area (TPSA) is 59.6 Å². The minimum absolute atomic E-state index is 0.111. The molecule has 0 spiro atoms. The van der Waals surface area contributed by atoms with Gasteiger partial charge in [-0.1, -0.05) is 41.9 Å². The Kier molecular flexibility index (Phi) is 6.01. The summed E-state index contributed by atoms with van der Waals surface area (Å²) >= 11 is 6.19. The van der Waals surface area contributed by atoms with E-state index in [4.69, 9.17) is 21.1 Å². The molecule has 0 aromatic heterocycles. The van der Waals surface area contributed by atoms with Gasteiger partial charge in [0.05, 0.1) is 17.8 Å². The quantitative estimate of drug-likeness (QED) is 0.823. The number of anilines is 1. The van der Waals surface area contributed by atoms with Gasteiger partial charge in [0.1, 0.15) is 5.75 Å². The first-order chi connectivity index (χ1) is 12.6. The Morgan fingerprint density at radius 3 is 2.58 bits per heavy atom.